The number of nitrogens with zero attached hydrogens (tertiary/aromatic N) is 3. The highest BCUT2D eigenvalue weighted by atomic mass is 35.5. The second-order valence-corrected chi connectivity index (χ2v) is 15.9. The number of ether oxygens (including phenoxy) is 3. The Morgan fingerprint density at radius 3 is 2.34 bits per heavy atom. The van der Waals surface area contributed by atoms with Crippen molar-refractivity contribution in [1.29, 1.82) is 0 Å². The van der Waals surface area contributed by atoms with E-state index < -0.39 is 17.7 Å². The Morgan fingerprint density at radius 1 is 1.10 bits per heavy atom. The summed E-state index contributed by atoms with van der Waals surface area (Å²) in [6, 6.07) is 14.4. The van der Waals surface area contributed by atoms with Gasteiger partial charge in [0.1, 0.15) is 16.7 Å². The van der Waals surface area contributed by atoms with E-state index >= 15 is 0 Å². The minimum absolute atomic E-state index is 0.153. The van der Waals surface area contributed by atoms with Crippen molar-refractivity contribution in [2.24, 2.45) is 11.3 Å². The van der Waals surface area contributed by atoms with Crippen LogP contribution in [0.15, 0.2) is 48.5 Å². The number of anilines is 1. The molecule has 1 N–H and O–H groups in total. The normalized spacial score (nSPS) is 17.6. The van der Waals surface area contributed by atoms with E-state index in [9.17, 15) is 14.3 Å². The number of carboxylic acids is 1. The average Bonchev–Trinajstić information content (AvgIpc) is 3.05. The molecule has 272 valence electrons. The quantitative estimate of drug-likeness (QED) is 0.177. The lowest BCUT2D eigenvalue weighted by Crippen LogP contribution is -2.39. The van der Waals surface area contributed by atoms with Crippen molar-refractivity contribution >= 4 is 23.3 Å². The molecule has 1 aromatic heterocycles. The minimum Gasteiger partial charge on any atom is -0.493 e. The summed E-state index contributed by atoms with van der Waals surface area (Å²) >= 11 is 7.10. The first kappa shape index (κ1) is 38.0. The molecule has 5 rings (SSSR count). The SMILES string of the molecule is CN(Cc1nc(Cl)c(C(OC(C)(C)C)C(=O)O)c(N2CCC(C)(C)CC2)c1-c1ccc(OCCc2ccc(F)cc2)cc1)CC1CCOCC1. The van der Waals surface area contributed by atoms with Crippen molar-refractivity contribution < 1.29 is 28.5 Å². The lowest BCUT2D eigenvalue weighted by molar-refractivity contribution is -0.160. The summed E-state index contributed by atoms with van der Waals surface area (Å²) in [5, 5.41) is 10.8. The molecule has 1 unspecified atom stereocenters. The Balaban J connectivity index is 1.57. The van der Waals surface area contributed by atoms with Crippen LogP contribution < -0.4 is 9.64 Å². The molecular formula is C40H53ClFN3O5. The van der Waals surface area contributed by atoms with Crippen molar-refractivity contribution in [3.05, 3.63) is 76.3 Å². The molecule has 2 aromatic carbocycles. The van der Waals surface area contributed by atoms with Crippen LogP contribution >= 0.6 is 11.6 Å². The number of piperidine rings is 1. The molecule has 50 heavy (non-hydrogen) atoms. The van der Waals surface area contributed by atoms with Crippen molar-refractivity contribution in [1.82, 2.24) is 9.88 Å². The van der Waals surface area contributed by atoms with Crippen molar-refractivity contribution in [2.75, 3.05) is 51.4 Å². The predicted molar refractivity (Wildman–Crippen MR) is 197 cm³/mol. The van der Waals surface area contributed by atoms with Crippen molar-refractivity contribution in [2.45, 2.75) is 85.0 Å². The van der Waals surface area contributed by atoms with Gasteiger partial charge in [-0.1, -0.05) is 49.7 Å². The largest absolute Gasteiger partial charge is 0.493 e. The molecule has 2 fully saturated rings. The van der Waals surface area contributed by atoms with Gasteiger partial charge < -0.3 is 29.1 Å². The van der Waals surface area contributed by atoms with Crippen LogP contribution in [0.1, 0.15) is 83.2 Å². The fourth-order valence-corrected chi connectivity index (χ4v) is 7.14. The highest BCUT2D eigenvalue weighted by molar-refractivity contribution is 6.31. The molecule has 1 atom stereocenters. The van der Waals surface area contributed by atoms with Gasteiger partial charge in [-0.15, -0.1) is 0 Å². The Kier molecular flexibility index (Phi) is 12.5. The molecule has 0 bridgehead atoms. The molecular weight excluding hydrogens is 657 g/mol. The van der Waals surface area contributed by atoms with Gasteiger partial charge in [0.2, 0.25) is 0 Å². The number of carbonyl (C=O) groups is 1. The Bertz CT molecular complexity index is 1580. The summed E-state index contributed by atoms with van der Waals surface area (Å²) in [6.45, 7) is 15.0. The monoisotopic (exact) mass is 709 g/mol. The fourth-order valence-electron chi connectivity index (χ4n) is 6.85. The predicted octanol–water partition coefficient (Wildman–Crippen LogP) is 8.59. The average molecular weight is 710 g/mol. The molecule has 2 saturated heterocycles. The molecule has 10 heteroatoms. The number of halogens is 2. The molecule has 0 radical (unpaired) electrons. The van der Waals surface area contributed by atoms with E-state index in [4.69, 9.17) is 30.8 Å². The van der Waals surface area contributed by atoms with Crippen LogP contribution in [0.3, 0.4) is 0 Å². The van der Waals surface area contributed by atoms with Gasteiger partial charge >= 0.3 is 5.97 Å². The van der Waals surface area contributed by atoms with Crippen LogP contribution in [0.2, 0.25) is 5.15 Å². The Labute approximate surface area is 301 Å². The number of rotatable bonds is 13. The van der Waals surface area contributed by atoms with E-state index in [0.29, 0.717) is 36.8 Å². The van der Waals surface area contributed by atoms with Crippen LogP contribution in [0.25, 0.3) is 11.1 Å². The van der Waals surface area contributed by atoms with E-state index in [2.05, 4.69) is 30.7 Å². The van der Waals surface area contributed by atoms with E-state index in [1.54, 1.807) is 12.1 Å². The first-order chi connectivity index (χ1) is 23.7. The molecule has 3 heterocycles. The van der Waals surface area contributed by atoms with Gasteiger partial charge in [-0.2, -0.15) is 0 Å². The Hall–Kier alpha value is -3.24. The number of hydrogen-bond donors (Lipinski definition) is 1. The van der Waals surface area contributed by atoms with Crippen LogP contribution in [0.5, 0.6) is 5.75 Å². The number of pyridine rings is 1. The lowest BCUT2D eigenvalue weighted by Gasteiger charge is -2.41. The van der Waals surface area contributed by atoms with Gasteiger partial charge in [0.15, 0.2) is 6.10 Å². The smallest absolute Gasteiger partial charge is 0.337 e. The zero-order valence-electron chi connectivity index (χ0n) is 30.4. The van der Waals surface area contributed by atoms with Crippen molar-refractivity contribution in [3.8, 4) is 16.9 Å². The van der Waals surface area contributed by atoms with Gasteiger partial charge in [0.05, 0.1) is 29.2 Å². The number of hydrogen-bond acceptors (Lipinski definition) is 7. The first-order valence-corrected chi connectivity index (χ1v) is 18.2. The second kappa shape index (κ2) is 16.4. The van der Waals surface area contributed by atoms with Gasteiger partial charge in [-0.05, 0) is 100 Å². The molecule has 3 aromatic rings. The third-order valence-corrected chi connectivity index (χ3v) is 9.96. The van der Waals surface area contributed by atoms with Crippen LogP contribution in [-0.4, -0.2) is 73.1 Å². The number of aromatic nitrogens is 1. The molecule has 8 nitrogen and oxygen atoms in total. The van der Waals surface area contributed by atoms with Crippen LogP contribution in [-0.2, 0) is 27.2 Å². The summed E-state index contributed by atoms with van der Waals surface area (Å²) in [4.78, 5) is 22.5. The molecule has 0 spiro atoms. The molecule has 0 aliphatic carbocycles. The van der Waals surface area contributed by atoms with Gasteiger partial charge in [-0.3, -0.25) is 0 Å². The highest BCUT2D eigenvalue weighted by Gasteiger charge is 2.37. The van der Waals surface area contributed by atoms with E-state index in [1.165, 1.54) is 12.1 Å². The number of benzene rings is 2. The van der Waals surface area contributed by atoms with Gasteiger partial charge in [-0.25, -0.2) is 14.2 Å². The maximum absolute atomic E-state index is 13.4. The zero-order valence-corrected chi connectivity index (χ0v) is 31.2. The fraction of sp³-hybridized carbons (Fsp3) is 0.550. The maximum atomic E-state index is 13.4. The summed E-state index contributed by atoms with van der Waals surface area (Å²) in [5.74, 6) is -0.135. The number of aliphatic carboxylic acids is 1. The summed E-state index contributed by atoms with van der Waals surface area (Å²) in [7, 11) is 2.10. The lowest BCUT2D eigenvalue weighted by atomic mass is 9.82. The summed E-state index contributed by atoms with van der Waals surface area (Å²) in [6.07, 6.45) is 3.27. The second-order valence-electron chi connectivity index (χ2n) is 15.6. The highest BCUT2D eigenvalue weighted by Crippen LogP contribution is 2.46. The standard InChI is InChI=1S/C40H53ClFN3O5/c1-39(2,3)50-36(38(46)47)34-35(45-20-18-40(4,5)19-21-45)33(32(43-37(34)41)26-44(6)25-28-15-22-48-23-16-28)29-9-13-31(14-10-29)49-24-17-27-7-11-30(42)12-8-27/h7-14,28,36H,15-26H2,1-6H3,(H,46,47). The molecule has 0 amide bonds. The topological polar surface area (TPSA) is 84.4 Å². The minimum atomic E-state index is -1.32. The maximum Gasteiger partial charge on any atom is 0.337 e. The Morgan fingerprint density at radius 2 is 1.74 bits per heavy atom. The van der Waals surface area contributed by atoms with Crippen LogP contribution in [0.4, 0.5) is 10.1 Å². The summed E-state index contributed by atoms with van der Waals surface area (Å²) in [5.41, 5.74) is 4.14. The third kappa shape index (κ3) is 10.2. The summed E-state index contributed by atoms with van der Waals surface area (Å²) < 4.78 is 31.3. The van der Waals surface area contributed by atoms with E-state index in [1.807, 2.05) is 45.0 Å². The van der Waals surface area contributed by atoms with Crippen molar-refractivity contribution in [3.63, 3.8) is 0 Å². The van der Waals surface area contributed by atoms with E-state index in [-0.39, 0.29) is 16.4 Å². The van der Waals surface area contributed by atoms with E-state index in [0.717, 1.165) is 86.6 Å². The van der Waals surface area contributed by atoms with Gasteiger partial charge in [0, 0.05) is 51.4 Å². The van der Waals surface area contributed by atoms with Gasteiger partial charge in [0.25, 0.3) is 0 Å². The molecule has 2 aliphatic rings. The zero-order chi connectivity index (χ0) is 36.1. The molecule has 2 aliphatic heterocycles. The molecule has 0 saturated carbocycles. The number of carboxylic acid groups (broad SMARTS) is 1. The van der Waals surface area contributed by atoms with Crippen LogP contribution in [0, 0.1) is 17.2 Å². The third-order valence-electron chi connectivity index (χ3n) is 9.67. The first-order valence-electron chi connectivity index (χ1n) is 17.8.